The number of nitrogens with zero attached hydrogens (tertiary/aromatic N) is 2. The Balaban J connectivity index is 1.06. The first-order valence-corrected chi connectivity index (χ1v) is 13.2. The van der Waals surface area contributed by atoms with E-state index < -0.39 is 15.6 Å². The Labute approximate surface area is 202 Å². The molecule has 0 radical (unpaired) electrons. The number of hydrogen-bond acceptors (Lipinski definition) is 7. The summed E-state index contributed by atoms with van der Waals surface area (Å²) in [5, 5.41) is 3.90. The normalized spacial score (nSPS) is 24.5. The molecule has 2 atom stereocenters. The monoisotopic (exact) mass is 499 g/mol. The number of benzene rings is 2. The van der Waals surface area contributed by atoms with E-state index in [9.17, 15) is 17.6 Å². The van der Waals surface area contributed by atoms with Crippen LogP contribution in [0.2, 0.25) is 0 Å². The Bertz CT molecular complexity index is 1420. The molecule has 3 aliphatic rings. The fraction of sp³-hybridized carbons (Fsp3) is 0.400. The SMILES string of the molecule is O=c1ccc2cc(S(=O)(=O)N3CC4C(CNc5ccc(N6CCOCC6)c(F)c5)C4C3)ccc2o1. The number of morpholine rings is 1. The van der Waals surface area contributed by atoms with Gasteiger partial charge in [-0.2, -0.15) is 4.31 Å². The van der Waals surface area contributed by atoms with Crippen LogP contribution in [0, 0.1) is 23.6 Å². The minimum absolute atomic E-state index is 0.200. The van der Waals surface area contributed by atoms with Gasteiger partial charge in [0, 0.05) is 49.9 Å². The number of rotatable bonds is 6. The van der Waals surface area contributed by atoms with E-state index in [2.05, 4.69) is 5.32 Å². The lowest BCUT2D eigenvalue weighted by Gasteiger charge is -2.29. The zero-order chi connectivity index (χ0) is 24.2. The lowest BCUT2D eigenvalue weighted by Crippen LogP contribution is -2.36. The summed E-state index contributed by atoms with van der Waals surface area (Å²) in [5.41, 5.74) is 1.22. The number of nitrogens with one attached hydrogen (secondary N) is 1. The average Bonchev–Trinajstić information content (AvgIpc) is 3.30. The summed E-state index contributed by atoms with van der Waals surface area (Å²) >= 11 is 0. The zero-order valence-corrected chi connectivity index (χ0v) is 19.8. The van der Waals surface area contributed by atoms with Gasteiger partial charge in [-0.25, -0.2) is 17.6 Å². The minimum Gasteiger partial charge on any atom is -0.423 e. The van der Waals surface area contributed by atoms with Gasteiger partial charge in [0.1, 0.15) is 11.4 Å². The maximum absolute atomic E-state index is 14.6. The van der Waals surface area contributed by atoms with E-state index in [0.717, 1.165) is 5.69 Å². The number of piperidine rings is 1. The molecular weight excluding hydrogens is 473 g/mol. The summed E-state index contributed by atoms with van der Waals surface area (Å²) in [5.74, 6) is 0.718. The second-order valence-electron chi connectivity index (χ2n) is 9.41. The third-order valence-electron chi connectivity index (χ3n) is 7.41. The van der Waals surface area contributed by atoms with Gasteiger partial charge in [-0.3, -0.25) is 0 Å². The number of ether oxygens (including phenoxy) is 1. The van der Waals surface area contributed by atoms with Gasteiger partial charge < -0.3 is 19.4 Å². The van der Waals surface area contributed by atoms with Crippen molar-refractivity contribution in [2.45, 2.75) is 4.90 Å². The van der Waals surface area contributed by atoms with Crippen LogP contribution in [0.25, 0.3) is 11.0 Å². The van der Waals surface area contributed by atoms with Crippen molar-refractivity contribution in [2.24, 2.45) is 17.8 Å². The van der Waals surface area contributed by atoms with E-state index >= 15 is 0 Å². The topological polar surface area (TPSA) is 92.1 Å². The largest absolute Gasteiger partial charge is 0.423 e. The number of anilines is 2. The van der Waals surface area contributed by atoms with Crippen LogP contribution in [0.3, 0.4) is 0 Å². The number of halogens is 1. The molecule has 3 aromatic rings. The molecule has 1 aromatic heterocycles. The quantitative estimate of drug-likeness (QED) is 0.522. The van der Waals surface area contributed by atoms with E-state index in [-0.39, 0.29) is 10.7 Å². The zero-order valence-electron chi connectivity index (χ0n) is 19.0. The molecule has 2 aliphatic heterocycles. The van der Waals surface area contributed by atoms with Crippen LogP contribution in [0.4, 0.5) is 15.8 Å². The fourth-order valence-corrected chi connectivity index (χ4v) is 6.93. The maximum atomic E-state index is 14.6. The van der Waals surface area contributed by atoms with Gasteiger partial charge in [0.05, 0.1) is 23.8 Å². The molecule has 10 heteroatoms. The van der Waals surface area contributed by atoms with E-state index in [0.29, 0.717) is 80.3 Å². The third kappa shape index (κ3) is 4.19. The summed E-state index contributed by atoms with van der Waals surface area (Å²) < 4.78 is 52.9. The first-order valence-electron chi connectivity index (χ1n) is 11.8. The van der Waals surface area contributed by atoms with Crippen LogP contribution in [0.15, 0.2) is 62.6 Å². The molecule has 0 spiro atoms. The fourth-order valence-electron chi connectivity index (χ4n) is 5.38. The van der Waals surface area contributed by atoms with Crippen LogP contribution in [0.1, 0.15) is 0 Å². The molecule has 8 nitrogen and oxygen atoms in total. The van der Waals surface area contributed by atoms with Crippen molar-refractivity contribution in [1.29, 1.82) is 0 Å². The summed E-state index contributed by atoms with van der Waals surface area (Å²) in [6.45, 7) is 4.23. The minimum atomic E-state index is -3.62. The lowest BCUT2D eigenvalue weighted by atomic mass is 10.2. The number of sulfonamides is 1. The standard InChI is InChI=1S/C25H26FN3O5S/c26-22-12-17(2-4-23(22)28-7-9-33-10-8-28)27-13-19-20-14-29(15-21(19)20)35(31,32)18-3-5-24-16(11-18)1-6-25(30)34-24/h1-6,11-12,19-21,27H,7-10,13-15H2. The molecule has 1 N–H and O–H groups in total. The van der Waals surface area contributed by atoms with Crippen molar-refractivity contribution in [3.63, 3.8) is 0 Å². The van der Waals surface area contributed by atoms with Crippen LogP contribution < -0.4 is 15.8 Å². The summed E-state index contributed by atoms with van der Waals surface area (Å²) in [7, 11) is -3.62. The second kappa shape index (κ2) is 8.61. The first-order chi connectivity index (χ1) is 16.9. The van der Waals surface area contributed by atoms with Crippen molar-refractivity contribution in [2.75, 3.05) is 56.2 Å². The van der Waals surface area contributed by atoms with E-state index in [4.69, 9.17) is 9.15 Å². The molecule has 35 heavy (non-hydrogen) atoms. The van der Waals surface area contributed by atoms with Crippen LogP contribution in [-0.2, 0) is 14.8 Å². The summed E-state index contributed by atoms with van der Waals surface area (Å²) in [4.78, 5) is 13.6. The Kier molecular flexibility index (Phi) is 5.54. The molecule has 2 aromatic carbocycles. The van der Waals surface area contributed by atoms with Crippen LogP contribution in [0.5, 0.6) is 0 Å². The number of fused-ring (bicyclic) bond motifs is 2. The first kappa shape index (κ1) is 22.5. The van der Waals surface area contributed by atoms with Crippen molar-refractivity contribution in [3.8, 4) is 0 Å². The van der Waals surface area contributed by atoms with Crippen LogP contribution in [-0.4, -0.2) is 58.7 Å². The molecule has 3 fully saturated rings. The van der Waals surface area contributed by atoms with E-state index in [1.807, 2.05) is 11.0 Å². The molecule has 2 saturated heterocycles. The molecule has 6 rings (SSSR count). The summed E-state index contributed by atoms with van der Waals surface area (Å²) in [6, 6.07) is 12.6. The van der Waals surface area contributed by atoms with Crippen molar-refractivity contribution < 1.29 is 22.0 Å². The Morgan fingerprint density at radius 3 is 2.51 bits per heavy atom. The van der Waals surface area contributed by atoms with Gasteiger partial charge in [-0.1, -0.05) is 0 Å². The van der Waals surface area contributed by atoms with Crippen LogP contribution >= 0.6 is 0 Å². The van der Waals surface area contributed by atoms with Gasteiger partial charge in [0.2, 0.25) is 10.0 Å². The molecule has 2 unspecified atom stereocenters. The smallest absolute Gasteiger partial charge is 0.336 e. The lowest BCUT2D eigenvalue weighted by molar-refractivity contribution is 0.122. The van der Waals surface area contributed by atoms with Crippen molar-refractivity contribution in [1.82, 2.24) is 4.31 Å². The molecule has 1 aliphatic carbocycles. The predicted octanol–water partition coefficient (Wildman–Crippen LogP) is 2.75. The summed E-state index contributed by atoms with van der Waals surface area (Å²) in [6.07, 6.45) is 0. The van der Waals surface area contributed by atoms with E-state index in [1.54, 1.807) is 18.2 Å². The van der Waals surface area contributed by atoms with Gasteiger partial charge in [-0.15, -0.1) is 0 Å². The highest BCUT2D eigenvalue weighted by molar-refractivity contribution is 7.89. The Morgan fingerprint density at radius 2 is 1.77 bits per heavy atom. The van der Waals surface area contributed by atoms with Crippen molar-refractivity contribution >= 4 is 32.4 Å². The third-order valence-corrected chi connectivity index (χ3v) is 9.24. The van der Waals surface area contributed by atoms with Gasteiger partial charge >= 0.3 is 5.63 Å². The average molecular weight is 500 g/mol. The maximum Gasteiger partial charge on any atom is 0.336 e. The van der Waals surface area contributed by atoms with Gasteiger partial charge in [-0.05, 0) is 60.2 Å². The predicted molar refractivity (Wildman–Crippen MR) is 130 cm³/mol. The molecule has 1 saturated carbocycles. The second-order valence-corrected chi connectivity index (χ2v) is 11.4. The van der Waals surface area contributed by atoms with Gasteiger partial charge in [0.15, 0.2) is 0 Å². The molecule has 0 bridgehead atoms. The van der Waals surface area contributed by atoms with Crippen molar-refractivity contribution in [3.05, 3.63) is 64.8 Å². The Morgan fingerprint density at radius 1 is 1.00 bits per heavy atom. The van der Waals surface area contributed by atoms with Gasteiger partial charge in [0.25, 0.3) is 0 Å². The highest BCUT2D eigenvalue weighted by atomic mass is 32.2. The van der Waals surface area contributed by atoms with E-state index in [1.165, 1.54) is 28.6 Å². The highest BCUT2D eigenvalue weighted by Gasteiger charge is 2.57. The molecule has 0 amide bonds. The highest BCUT2D eigenvalue weighted by Crippen LogP contribution is 2.52. The molecular formula is C25H26FN3O5S. The number of hydrogen-bond donors (Lipinski definition) is 1. The molecule has 184 valence electrons. The Hall–Kier alpha value is -2.95. The molecule has 3 heterocycles.